The lowest BCUT2D eigenvalue weighted by Crippen LogP contribution is -2.52. The molecule has 2 saturated carbocycles. The van der Waals surface area contributed by atoms with E-state index in [-0.39, 0.29) is 6.10 Å². The van der Waals surface area contributed by atoms with E-state index in [0.29, 0.717) is 18.8 Å². The van der Waals surface area contributed by atoms with Crippen LogP contribution in [-0.2, 0) is 4.74 Å². The van der Waals surface area contributed by atoms with Gasteiger partial charge in [0.2, 0.25) is 0 Å². The number of nitriles is 1. The van der Waals surface area contributed by atoms with E-state index in [1.165, 1.54) is 6.42 Å². The minimum Gasteiger partial charge on any atom is -0.388 e. The number of methoxy groups -OCH3 is 1. The average molecular weight is 251 g/mol. The molecule has 0 heterocycles. The van der Waals surface area contributed by atoms with Gasteiger partial charge < -0.3 is 9.84 Å². The third-order valence-corrected chi connectivity index (χ3v) is 5.20. The molecule has 2 rings (SSSR count). The van der Waals surface area contributed by atoms with E-state index in [9.17, 15) is 10.4 Å². The van der Waals surface area contributed by atoms with Crippen molar-refractivity contribution in [3.63, 3.8) is 0 Å². The van der Waals surface area contributed by atoms with Crippen molar-refractivity contribution in [2.75, 3.05) is 7.11 Å². The van der Waals surface area contributed by atoms with Crippen LogP contribution in [0, 0.1) is 22.7 Å². The van der Waals surface area contributed by atoms with E-state index in [1.807, 2.05) is 0 Å². The number of nitrogens with zero attached hydrogens (tertiary/aromatic N) is 1. The molecular formula is C15H25NO2. The minimum atomic E-state index is -0.786. The molecule has 0 aromatic heterocycles. The molecule has 0 spiro atoms. The van der Waals surface area contributed by atoms with Crippen molar-refractivity contribution in [1.29, 1.82) is 5.26 Å². The molecule has 0 aromatic carbocycles. The maximum atomic E-state index is 11.0. The van der Waals surface area contributed by atoms with Crippen LogP contribution in [0.3, 0.4) is 0 Å². The minimum absolute atomic E-state index is 0.266. The molecule has 0 aliphatic heterocycles. The molecule has 3 heteroatoms. The van der Waals surface area contributed by atoms with Gasteiger partial charge in [-0.15, -0.1) is 0 Å². The number of aliphatic hydroxyl groups is 1. The van der Waals surface area contributed by atoms with Gasteiger partial charge >= 0.3 is 0 Å². The van der Waals surface area contributed by atoms with Gasteiger partial charge in [-0.3, -0.25) is 0 Å². The summed E-state index contributed by atoms with van der Waals surface area (Å²) in [6, 6.07) is 2.50. The molecule has 0 amide bonds. The summed E-state index contributed by atoms with van der Waals surface area (Å²) in [7, 11) is 1.73. The maximum absolute atomic E-state index is 11.0. The SMILES string of the molecule is COC1CCC(O)(C2(C#N)CCCC(C)C2)CC1. The highest BCUT2D eigenvalue weighted by Crippen LogP contribution is 2.52. The smallest absolute Gasteiger partial charge is 0.0862 e. The van der Waals surface area contributed by atoms with Crippen molar-refractivity contribution in [2.45, 2.75) is 70.0 Å². The van der Waals surface area contributed by atoms with Crippen LogP contribution in [0.1, 0.15) is 58.3 Å². The van der Waals surface area contributed by atoms with Crippen molar-refractivity contribution >= 4 is 0 Å². The number of hydrogen-bond donors (Lipinski definition) is 1. The lowest BCUT2D eigenvalue weighted by atomic mass is 9.57. The Morgan fingerprint density at radius 3 is 2.39 bits per heavy atom. The molecule has 0 aromatic rings. The Morgan fingerprint density at radius 1 is 1.22 bits per heavy atom. The largest absolute Gasteiger partial charge is 0.388 e. The van der Waals surface area contributed by atoms with Gasteiger partial charge in [-0.2, -0.15) is 5.26 Å². The monoisotopic (exact) mass is 251 g/mol. The molecule has 18 heavy (non-hydrogen) atoms. The van der Waals surface area contributed by atoms with Gasteiger partial charge in [-0.1, -0.05) is 19.8 Å². The fourth-order valence-corrected chi connectivity index (χ4v) is 3.96. The highest BCUT2D eigenvalue weighted by molar-refractivity contribution is 5.14. The summed E-state index contributed by atoms with van der Waals surface area (Å²) in [5.74, 6) is 0.558. The summed E-state index contributed by atoms with van der Waals surface area (Å²) in [5, 5.41) is 20.7. The second kappa shape index (κ2) is 5.19. The van der Waals surface area contributed by atoms with Crippen molar-refractivity contribution in [3.05, 3.63) is 0 Å². The van der Waals surface area contributed by atoms with Crippen LogP contribution in [0.5, 0.6) is 0 Å². The van der Waals surface area contributed by atoms with Gasteiger partial charge in [0.25, 0.3) is 0 Å². The number of ether oxygens (including phenoxy) is 1. The Kier molecular flexibility index (Phi) is 3.99. The normalized spacial score (nSPS) is 45.4. The van der Waals surface area contributed by atoms with Crippen LogP contribution in [-0.4, -0.2) is 23.9 Å². The Labute approximate surface area is 110 Å². The third-order valence-electron chi connectivity index (χ3n) is 5.20. The maximum Gasteiger partial charge on any atom is 0.0862 e. The first kappa shape index (κ1) is 13.8. The Bertz CT molecular complexity index is 328. The van der Waals surface area contributed by atoms with E-state index >= 15 is 0 Å². The molecule has 0 radical (unpaired) electrons. The second-order valence-electron chi connectivity index (χ2n) is 6.36. The van der Waals surface area contributed by atoms with Gasteiger partial charge in [-0.25, -0.2) is 0 Å². The molecule has 2 aliphatic carbocycles. The topological polar surface area (TPSA) is 53.2 Å². The molecule has 0 saturated heterocycles. The molecule has 1 N–H and O–H groups in total. The Balaban J connectivity index is 2.14. The molecule has 2 fully saturated rings. The van der Waals surface area contributed by atoms with Crippen molar-refractivity contribution in [3.8, 4) is 6.07 Å². The van der Waals surface area contributed by atoms with E-state index in [4.69, 9.17) is 4.74 Å². The van der Waals surface area contributed by atoms with Gasteiger partial charge in [0.1, 0.15) is 0 Å². The Hall–Kier alpha value is -0.590. The number of rotatable bonds is 2. The zero-order valence-corrected chi connectivity index (χ0v) is 11.6. The standard InChI is InChI=1S/C15H25NO2/c1-12-4-3-7-14(10-12,11-16)15(17)8-5-13(18-2)6-9-15/h12-13,17H,3-10H2,1-2H3. The zero-order valence-electron chi connectivity index (χ0n) is 11.6. The van der Waals surface area contributed by atoms with E-state index < -0.39 is 11.0 Å². The highest BCUT2D eigenvalue weighted by atomic mass is 16.5. The summed E-state index contributed by atoms with van der Waals surface area (Å²) < 4.78 is 5.37. The predicted molar refractivity (Wildman–Crippen MR) is 69.9 cm³/mol. The van der Waals surface area contributed by atoms with Crippen LogP contribution in [0.4, 0.5) is 0 Å². The molecular weight excluding hydrogens is 226 g/mol. The lowest BCUT2D eigenvalue weighted by molar-refractivity contribution is -0.123. The van der Waals surface area contributed by atoms with Crippen LogP contribution in [0.2, 0.25) is 0 Å². The van der Waals surface area contributed by atoms with Gasteiger partial charge in [0, 0.05) is 7.11 Å². The summed E-state index contributed by atoms with van der Waals surface area (Å²) >= 11 is 0. The lowest BCUT2D eigenvalue weighted by Gasteiger charge is -2.49. The van der Waals surface area contributed by atoms with Crippen molar-refractivity contribution in [1.82, 2.24) is 0 Å². The first-order valence-electron chi connectivity index (χ1n) is 7.22. The molecule has 0 bridgehead atoms. The first-order valence-corrected chi connectivity index (χ1v) is 7.22. The van der Waals surface area contributed by atoms with Gasteiger partial charge in [0.05, 0.1) is 23.2 Å². The third kappa shape index (κ3) is 2.29. The molecule has 102 valence electrons. The second-order valence-corrected chi connectivity index (χ2v) is 6.36. The molecule has 2 atom stereocenters. The number of hydrogen-bond acceptors (Lipinski definition) is 3. The molecule has 2 aliphatic rings. The quantitative estimate of drug-likeness (QED) is 0.820. The van der Waals surface area contributed by atoms with Gasteiger partial charge in [0.15, 0.2) is 0 Å². The van der Waals surface area contributed by atoms with Crippen LogP contribution in [0.15, 0.2) is 0 Å². The zero-order chi connectivity index (χ0) is 13.2. The van der Waals surface area contributed by atoms with Crippen molar-refractivity contribution < 1.29 is 9.84 Å². The average Bonchev–Trinajstić information content (AvgIpc) is 2.39. The summed E-state index contributed by atoms with van der Waals surface area (Å²) in [6.07, 6.45) is 7.44. The molecule has 3 nitrogen and oxygen atoms in total. The van der Waals surface area contributed by atoms with Crippen LogP contribution >= 0.6 is 0 Å². The highest BCUT2D eigenvalue weighted by Gasteiger charge is 2.53. The van der Waals surface area contributed by atoms with Gasteiger partial charge in [-0.05, 0) is 44.4 Å². The Morgan fingerprint density at radius 2 is 1.89 bits per heavy atom. The fourth-order valence-electron chi connectivity index (χ4n) is 3.96. The first-order chi connectivity index (χ1) is 8.55. The van der Waals surface area contributed by atoms with Crippen LogP contribution < -0.4 is 0 Å². The van der Waals surface area contributed by atoms with Crippen LogP contribution in [0.25, 0.3) is 0 Å². The summed E-state index contributed by atoms with van der Waals surface area (Å²) in [6.45, 7) is 2.20. The summed E-state index contributed by atoms with van der Waals surface area (Å²) in [4.78, 5) is 0. The summed E-state index contributed by atoms with van der Waals surface area (Å²) in [5.41, 5.74) is -1.30. The predicted octanol–water partition coefficient (Wildman–Crippen LogP) is 3.03. The van der Waals surface area contributed by atoms with E-state index in [1.54, 1.807) is 7.11 Å². The fraction of sp³-hybridized carbons (Fsp3) is 0.933. The van der Waals surface area contributed by atoms with E-state index in [2.05, 4.69) is 13.0 Å². The van der Waals surface area contributed by atoms with Crippen molar-refractivity contribution in [2.24, 2.45) is 11.3 Å². The van der Waals surface area contributed by atoms with E-state index in [0.717, 1.165) is 32.1 Å². The molecule has 2 unspecified atom stereocenters.